The van der Waals surface area contributed by atoms with Crippen LogP contribution in [-0.4, -0.2) is 55.1 Å². The summed E-state index contributed by atoms with van der Waals surface area (Å²) in [4.78, 5) is 59.3. The van der Waals surface area contributed by atoms with E-state index < -0.39 is 48.9 Å². The Morgan fingerprint density at radius 1 is 0.805 bits per heavy atom. The van der Waals surface area contributed by atoms with E-state index in [1.165, 1.54) is 0 Å². The number of halogens is 3. The summed E-state index contributed by atoms with van der Waals surface area (Å²) in [6, 6.07) is 14.4. The highest BCUT2D eigenvalue weighted by Crippen LogP contribution is 2.24. The molecule has 10 nitrogen and oxygen atoms in total. The van der Waals surface area contributed by atoms with Crippen molar-refractivity contribution < 1.29 is 41.9 Å². The molecule has 222 valence electrons. The molecule has 0 aliphatic heterocycles. The number of unbranched alkanes of at least 4 members (excludes halogenated alkanes) is 1. The Morgan fingerprint density at radius 2 is 1.44 bits per heavy atom. The summed E-state index contributed by atoms with van der Waals surface area (Å²) in [6.45, 7) is 3.56. The molecule has 0 aromatic heterocycles. The lowest BCUT2D eigenvalue weighted by molar-refractivity contribution is -0.202. The van der Waals surface area contributed by atoms with Crippen LogP contribution in [-0.2, 0) is 23.9 Å². The van der Waals surface area contributed by atoms with Crippen molar-refractivity contribution in [1.29, 1.82) is 0 Å². The van der Waals surface area contributed by atoms with Crippen molar-refractivity contribution in [2.75, 3.05) is 13.1 Å². The van der Waals surface area contributed by atoms with Crippen LogP contribution in [0.2, 0.25) is 0 Å². The Kier molecular flexibility index (Phi) is 12.8. The summed E-state index contributed by atoms with van der Waals surface area (Å²) in [5, 5.41) is 10.3. The third-order valence-corrected chi connectivity index (χ3v) is 5.55. The minimum atomic E-state index is -5.35. The molecule has 4 N–H and O–H groups in total. The normalized spacial score (nSPS) is 11.8. The fourth-order valence-electron chi connectivity index (χ4n) is 3.60. The Bertz CT molecular complexity index is 1190. The number of alkyl halides is 3. The molecule has 1 atom stereocenters. The zero-order valence-electron chi connectivity index (χ0n) is 22.7. The molecule has 0 radical (unpaired) electrons. The highest BCUT2D eigenvalue weighted by Gasteiger charge is 2.42. The lowest BCUT2D eigenvalue weighted by Gasteiger charge is -2.19. The zero-order valence-corrected chi connectivity index (χ0v) is 22.7. The lowest BCUT2D eigenvalue weighted by Crippen LogP contribution is -2.40. The second kappa shape index (κ2) is 16.0. The van der Waals surface area contributed by atoms with Crippen molar-refractivity contribution >= 4 is 29.8 Å². The zero-order chi connectivity index (χ0) is 30.4. The van der Waals surface area contributed by atoms with Crippen LogP contribution in [0.3, 0.4) is 0 Å². The Hall–Kier alpha value is -4.42. The van der Waals surface area contributed by atoms with Gasteiger partial charge >= 0.3 is 24.1 Å². The highest BCUT2D eigenvalue weighted by atomic mass is 19.4. The Labute approximate surface area is 235 Å². The number of carbonyl (C=O) groups excluding carboxylic acids is 5. The van der Waals surface area contributed by atoms with E-state index in [-0.39, 0.29) is 18.5 Å². The van der Waals surface area contributed by atoms with Gasteiger partial charge in [-0.3, -0.25) is 14.4 Å². The third kappa shape index (κ3) is 12.5. The fourth-order valence-corrected chi connectivity index (χ4v) is 3.60. The van der Waals surface area contributed by atoms with Gasteiger partial charge in [-0.2, -0.15) is 13.2 Å². The van der Waals surface area contributed by atoms with Gasteiger partial charge in [-0.05, 0) is 43.4 Å². The minimum absolute atomic E-state index is 0.00630. The van der Waals surface area contributed by atoms with E-state index in [1.807, 2.05) is 44.2 Å². The molecule has 2 aromatic carbocycles. The summed E-state index contributed by atoms with van der Waals surface area (Å²) >= 11 is 0. The maximum Gasteiger partial charge on any atom is 0.491 e. The van der Waals surface area contributed by atoms with Crippen LogP contribution in [0.1, 0.15) is 51.1 Å². The number of hydrogen-bond donors (Lipinski definition) is 4. The van der Waals surface area contributed by atoms with E-state index in [0.717, 1.165) is 11.1 Å². The molecule has 0 aliphatic rings. The smallest absolute Gasteiger partial charge is 0.386 e. The molecule has 0 saturated heterocycles. The van der Waals surface area contributed by atoms with E-state index in [0.29, 0.717) is 24.9 Å². The van der Waals surface area contributed by atoms with Gasteiger partial charge in [0.05, 0.1) is 19.0 Å². The van der Waals surface area contributed by atoms with Crippen LogP contribution in [0.25, 0.3) is 11.1 Å². The van der Waals surface area contributed by atoms with Gasteiger partial charge < -0.3 is 26.0 Å². The van der Waals surface area contributed by atoms with Crippen molar-refractivity contribution in [3.8, 4) is 11.1 Å². The number of carbonyl (C=O) groups is 5. The lowest BCUT2D eigenvalue weighted by atomic mass is 9.99. The van der Waals surface area contributed by atoms with Gasteiger partial charge in [0.2, 0.25) is 11.8 Å². The fraction of sp³-hybridized carbons (Fsp3) is 0.393. The molecule has 41 heavy (non-hydrogen) atoms. The quantitative estimate of drug-likeness (QED) is 0.163. The number of urea groups is 1. The van der Waals surface area contributed by atoms with E-state index >= 15 is 0 Å². The Morgan fingerprint density at radius 3 is 2.05 bits per heavy atom. The molecule has 0 fully saturated rings. The number of nitrogens with one attached hydrogen (secondary N) is 4. The predicted octanol–water partition coefficient (Wildman–Crippen LogP) is 3.53. The van der Waals surface area contributed by atoms with Gasteiger partial charge in [0, 0.05) is 19.0 Å². The van der Waals surface area contributed by atoms with Crippen molar-refractivity contribution in [2.45, 2.75) is 57.8 Å². The molecule has 0 bridgehead atoms. The number of hydrogen-bond acceptors (Lipinski definition) is 6. The summed E-state index contributed by atoms with van der Waals surface area (Å²) in [7, 11) is 0. The van der Waals surface area contributed by atoms with Gasteiger partial charge in [-0.25, -0.2) is 9.59 Å². The van der Waals surface area contributed by atoms with Crippen LogP contribution in [0.15, 0.2) is 54.6 Å². The van der Waals surface area contributed by atoms with Crippen molar-refractivity contribution in [1.82, 2.24) is 21.3 Å². The third-order valence-electron chi connectivity index (χ3n) is 5.55. The van der Waals surface area contributed by atoms with E-state index in [9.17, 15) is 37.1 Å². The maximum absolute atomic E-state index is 12.5. The van der Waals surface area contributed by atoms with Gasteiger partial charge in [0.1, 0.15) is 0 Å². The average molecular weight is 579 g/mol. The molecule has 2 aromatic rings. The van der Waals surface area contributed by atoms with Crippen molar-refractivity contribution in [3.05, 3.63) is 60.2 Å². The molecule has 2 rings (SSSR count). The van der Waals surface area contributed by atoms with Crippen molar-refractivity contribution in [2.24, 2.45) is 0 Å². The van der Waals surface area contributed by atoms with Gasteiger partial charge in [0.15, 0.2) is 0 Å². The summed E-state index contributed by atoms with van der Waals surface area (Å²) < 4.78 is 41.4. The maximum atomic E-state index is 12.5. The van der Waals surface area contributed by atoms with Crippen LogP contribution >= 0.6 is 0 Å². The number of amides is 4. The second-order valence-electron chi connectivity index (χ2n) is 9.36. The summed E-state index contributed by atoms with van der Waals surface area (Å²) in [5.74, 6) is -5.28. The van der Waals surface area contributed by atoms with Crippen molar-refractivity contribution in [3.63, 3.8) is 0 Å². The van der Waals surface area contributed by atoms with Gasteiger partial charge in [-0.1, -0.05) is 54.6 Å². The predicted molar refractivity (Wildman–Crippen MR) is 143 cm³/mol. The SMILES string of the molecule is CC(C)NC(=O)NCCCCC(=O)NCC(=O)NC(CC(=O)OC(=O)C(F)(F)F)c1ccc(-c2ccccc2)cc1. The minimum Gasteiger partial charge on any atom is -0.386 e. The molecule has 13 heteroatoms. The molecule has 4 amide bonds. The second-order valence-corrected chi connectivity index (χ2v) is 9.36. The number of ether oxygens (including phenoxy) is 1. The Balaban J connectivity index is 1.94. The molecule has 0 spiro atoms. The van der Waals surface area contributed by atoms with E-state index in [4.69, 9.17) is 0 Å². The first kappa shape index (κ1) is 32.8. The van der Waals surface area contributed by atoms with Crippen LogP contribution in [0.4, 0.5) is 18.0 Å². The van der Waals surface area contributed by atoms with E-state index in [1.54, 1.807) is 24.3 Å². The first-order chi connectivity index (χ1) is 19.3. The topological polar surface area (TPSA) is 143 Å². The van der Waals surface area contributed by atoms with Crippen LogP contribution < -0.4 is 21.3 Å². The average Bonchev–Trinajstić information content (AvgIpc) is 2.91. The van der Waals surface area contributed by atoms with Crippen LogP contribution in [0, 0.1) is 0 Å². The van der Waals surface area contributed by atoms with E-state index in [2.05, 4.69) is 26.0 Å². The first-order valence-corrected chi connectivity index (χ1v) is 12.9. The number of esters is 2. The molecule has 0 aliphatic carbocycles. The van der Waals surface area contributed by atoms with Gasteiger partial charge in [-0.15, -0.1) is 0 Å². The summed E-state index contributed by atoms with van der Waals surface area (Å²) in [6.07, 6.45) is -5.04. The number of rotatable bonds is 13. The summed E-state index contributed by atoms with van der Waals surface area (Å²) in [5.41, 5.74) is 2.08. The number of benzene rings is 2. The van der Waals surface area contributed by atoms with Crippen LogP contribution in [0.5, 0.6) is 0 Å². The first-order valence-electron chi connectivity index (χ1n) is 12.9. The molecule has 0 saturated carbocycles. The monoisotopic (exact) mass is 578 g/mol. The molecular weight excluding hydrogens is 545 g/mol. The molecular formula is C28H33F3N4O6. The standard InChI is InChI=1S/C28H33F3N4O6/c1-18(2)34-27(40)32-15-7-6-10-23(36)33-17-24(37)35-22(16-25(38)41-26(39)28(29,30)31)21-13-11-20(12-14-21)19-8-4-3-5-9-19/h3-5,8-9,11-14,18,22H,6-7,10,15-17H2,1-2H3,(H,33,36)(H,35,37)(H2,32,34,40). The highest BCUT2D eigenvalue weighted by molar-refractivity contribution is 5.89. The largest absolute Gasteiger partial charge is 0.491 e. The van der Waals surface area contributed by atoms with Gasteiger partial charge in [0.25, 0.3) is 0 Å². The molecule has 0 heterocycles. The molecule has 1 unspecified atom stereocenters.